The number of nitrogens with two attached hydrogens (primary N) is 1. The van der Waals surface area contributed by atoms with Crippen molar-refractivity contribution in [1.82, 2.24) is 4.90 Å². The molecule has 1 aliphatic carbocycles. The average Bonchev–Trinajstić information content (AvgIpc) is 2.70. The van der Waals surface area contributed by atoms with Gasteiger partial charge in [0.15, 0.2) is 17.3 Å². The third-order valence-electron chi connectivity index (χ3n) is 5.18. The number of hydrogen-bond acceptors (Lipinski definition) is 6. The second-order valence-electron chi connectivity index (χ2n) is 6.90. The van der Waals surface area contributed by atoms with E-state index in [9.17, 15) is 10.1 Å². The molecule has 0 aromatic heterocycles. The van der Waals surface area contributed by atoms with E-state index in [1.165, 1.54) is 0 Å². The first-order chi connectivity index (χ1) is 13.9. The van der Waals surface area contributed by atoms with Crippen molar-refractivity contribution in [3.63, 3.8) is 0 Å². The van der Waals surface area contributed by atoms with E-state index in [1.54, 1.807) is 11.0 Å². The summed E-state index contributed by atoms with van der Waals surface area (Å²) in [7, 11) is 1.82. The van der Waals surface area contributed by atoms with Gasteiger partial charge >= 0.3 is 0 Å². The predicted octanol–water partition coefficient (Wildman–Crippen LogP) is 3.98. The number of ketones is 1. The Morgan fingerprint density at radius 1 is 1.41 bits per heavy atom. The minimum absolute atomic E-state index is 0.0725. The maximum absolute atomic E-state index is 12.9. The van der Waals surface area contributed by atoms with Gasteiger partial charge in [0.25, 0.3) is 0 Å². The molecule has 0 spiro atoms. The van der Waals surface area contributed by atoms with Crippen LogP contribution in [-0.2, 0) is 4.79 Å². The third kappa shape index (κ3) is 3.86. The monoisotopic (exact) mass is 505 g/mol. The number of allylic oxidation sites excluding steroid dienone is 3. The molecule has 0 amide bonds. The van der Waals surface area contributed by atoms with Crippen molar-refractivity contribution in [1.29, 1.82) is 5.26 Å². The summed E-state index contributed by atoms with van der Waals surface area (Å²) < 4.78 is 12.5. The first-order valence-corrected chi connectivity index (χ1v) is 10.6. The van der Waals surface area contributed by atoms with Crippen LogP contribution in [0.3, 0.4) is 0 Å². The first kappa shape index (κ1) is 21.2. The lowest BCUT2D eigenvalue weighted by Crippen LogP contribution is -2.36. The quantitative estimate of drug-likeness (QED) is 0.465. The van der Waals surface area contributed by atoms with E-state index >= 15 is 0 Å². The molecule has 7 heteroatoms. The molecule has 0 fully saturated rings. The SMILES string of the molecule is C=CCOc1c(I)cc([C@H]2C(C#N)=C(N)N(C)C3=C2C(=O)CCC3)cc1OCC. The van der Waals surface area contributed by atoms with Gasteiger partial charge in [0.2, 0.25) is 0 Å². The standard InChI is InChI=1S/C22H24IN3O3/c1-4-9-29-21-15(23)10-13(11-18(21)28-5-2)19-14(12-24)22(25)26(3)16-7-6-8-17(27)20(16)19/h4,10-11,19H,1,5-9,25H2,2-3H3/t19-/m0/s1. The van der Waals surface area contributed by atoms with Crippen LogP contribution in [0.4, 0.5) is 0 Å². The number of carbonyl (C=O) groups excluding carboxylic acids is 1. The van der Waals surface area contributed by atoms with Gasteiger partial charge in [-0.05, 0) is 60.1 Å². The summed E-state index contributed by atoms with van der Waals surface area (Å²) in [5.74, 6) is 1.18. The highest BCUT2D eigenvalue weighted by Crippen LogP contribution is 2.46. The fourth-order valence-corrected chi connectivity index (χ4v) is 4.68. The first-order valence-electron chi connectivity index (χ1n) is 9.54. The van der Waals surface area contributed by atoms with Crippen molar-refractivity contribution >= 4 is 28.4 Å². The molecule has 0 unspecified atom stereocenters. The Morgan fingerprint density at radius 2 is 2.17 bits per heavy atom. The van der Waals surface area contributed by atoms with E-state index in [0.717, 1.165) is 27.7 Å². The number of carbonyl (C=O) groups is 1. The van der Waals surface area contributed by atoms with Gasteiger partial charge in [-0.1, -0.05) is 12.7 Å². The number of nitriles is 1. The molecule has 3 rings (SSSR count). The van der Waals surface area contributed by atoms with Crippen molar-refractivity contribution in [2.75, 3.05) is 20.3 Å². The van der Waals surface area contributed by atoms with Crippen LogP contribution in [0.25, 0.3) is 0 Å². The Hall–Kier alpha value is -2.47. The Balaban J connectivity index is 2.21. The molecule has 152 valence electrons. The number of nitrogens with zero attached hydrogens (tertiary/aromatic N) is 2. The summed E-state index contributed by atoms with van der Waals surface area (Å²) in [4.78, 5) is 14.7. The summed E-state index contributed by atoms with van der Waals surface area (Å²) in [6.45, 7) is 6.41. The van der Waals surface area contributed by atoms with Crippen LogP contribution in [-0.4, -0.2) is 30.9 Å². The van der Waals surface area contributed by atoms with Crippen molar-refractivity contribution in [3.8, 4) is 17.6 Å². The van der Waals surface area contributed by atoms with Gasteiger partial charge in [0.1, 0.15) is 12.4 Å². The highest BCUT2D eigenvalue weighted by atomic mass is 127. The van der Waals surface area contributed by atoms with Gasteiger partial charge < -0.3 is 20.1 Å². The van der Waals surface area contributed by atoms with Crippen molar-refractivity contribution < 1.29 is 14.3 Å². The maximum Gasteiger partial charge on any atom is 0.174 e. The number of halogens is 1. The molecule has 1 aliphatic heterocycles. The highest BCUT2D eigenvalue weighted by molar-refractivity contribution is 14.1. The Kier molecular flexibility index (Phi) is 6.52. The topological polar surface area (TPSA) is 88.6 Å². The Labute approximate surface area is 184 Å². The minimum Gasteiger partial charge on any atom is -0.490 e. The van der Waals surface area contributed by atoms with Crippen LogP contribution < -0.4 is 15.2 Å². The Bertz CT molecular complexity index is 959. The van der Waals surface area contributed by atoms with Crippen LogP contribution >= 0.6 is 22.6 Å². The lowest BCUT2D eigenvalue weighted by molar-refractivity contribution is -0.116. The van der Waals surface area contributed by atoms with Gasteiger partial charge in [0, 0.05) is 24.7 Å². The Morgan fingerprint density at radius 3 is 2.83 bits per heavy atom. The zero-order chi connectivity index (χ0) is 21.1. The zero-order valence-electron chi connectivity index (χ0n) is 16.6. The molecule has 1 aromatic rings. The molecule has 0 bridgehead atoms. The number of hydrogen-bond donors (Lipinski definition) is 1. The smallest absolute Gasteiger partial charge is 0.174 e. The summed E-state index contributed by atoms with van der Waals surface area (Å²) in [5, 5.41) is 9.88. The molecule has 2 N–H and O–H groups in total. The summed E-state index contributed by atoms with van der Waals surface area (Å²) in [6.07, 6.45) is 3.72. The number of rotatable bonds is 6. The van der Waals surface area contributed by atoms with Crippen LogP contribution in [0.5, 0.6) is 11.5 Å². The van der Waals surface area contributed by atoms with Crippen LogP contribution in [0.2, 0.25) is 0 Å². The van der Waals surface area contributed by atoms with Gasteiger partial charge in [-0.2, -0.15) is 5.26 Å². The average molecular weight is 505 g/mol. The number of ether oxygens (including phenoxy) is 2. The van der Waals surface area contributed by atoms with E-state index in [4.69, 9.17) is 15.2 Å². The molecular weight excluding hydrogens is 481 g/mol. The summed E-state index contributed by atoms with van der Waals surface area (Å²) in [6, 6.07) is 6.04. The number of benzene rings is 1. The molecule has 1 heterocycles. The lowest BCUT2D eigenvalue weighted by atomic mass is 9.76. The molecule has 6 nitrogen and oxygen atoms in total. The van der Waals surface area contributed by atoms with Crippen LogP contribution in [0.1, 0.15) is 37.7 Å². The van der Waals surface area contributed by atoms with Crippen molar-refractivity contribution in [3.05, 3.63) is 56.6 Å². The van der Waals surface area contributed by atoms with Gasteiger partial charge in [-0.25, -0.2) is 0 Å². The van der Waals surface area contributed by atoms with E-state index in [1.807, 2.05) is 26.1 Å². The minimum atomic E-state index is -0.500. The second kappa shape index (κ2) is 8.91. The molecule has 1 atom stereocenters. The normalized spacial score (nSPS) is 19.0. The van der Waals surface area contributed by atoms with Crippen molar-refractivity contribution in [2.45, 2.75) is 32.1 Å². The van der Waals surface area contributed by atoms with Crippen LogP contribution in [0.15, 0.2) is 47.5 Å². The largest absolute Gasteiger partial charge is 0.490 e. The van der Waals surface area contributed by atoms with E-state index < -0.39 is 5.92 Å². The predicted molar refractivity (Wildman–Crippen MR) is 119 cm³/mol. The van der Waals surface area contributed by atoms with E-state index in [-0.39, 0.29) is 5.78 Å². The highest BCUT2D eigenvalue weighted by Gasteiger charge is 2.39. The second-order valence-corrected chi connectivity index (χ2v) is 8.06. The molecule has 2 aliphatic rings. The summed E-state index contributed by atoms with van der Waals surface area (Å²) >= 11 is 2.19. The molecule has 0 saturated heterocycles. The summed E-state index contributed by atoms with van der Waals surface area (Å²) in [5.41, 5.74) is 9.08. The maximum atomic E-state index is 12.9. The van der Waals surface area contributed by atoms with Gasteiger partial charge in [0.05, 0.1) is 27.7 Å². The van der Waals surface area contributed by atoms with Gasteiger partial charge in [-0.3, -0.25) is 4.79 Å². The van der Waals surface area contributed by atoms with Crippen LogP contribution in [0, 0.1) is 14.9 Å². The van der Waals surface area contributed by atoms with Crippen molar-refractivity contribution in [2.24, 2.45) is 5.73 Å². The molecule has 29 heavy (non-hydrogen) atoms. The fraction of sp³-hybridized carbons (Fsp3) is 0.364. The number of Topliss-reactive ketones (excluding diaryl/α,β-unsaturated/α-hetero) is 1. The van der Waals surface area contributed by atoms with E-state index in [0.29, 0.717) is 48.1 Å². The lowest BCUT2D eigenvalue weighted by Gasteiger charge is -2.37. The third-order valence-corrected chi connectivity index (χ3v) is 5.98. The molecule has 1 aromatic carbocycles. The molecular formula is C22H24IN3O3. The van der Waals surface area contributed by atoms with E-state index in [2.05, 4.69) is 35.2 Å². The van der Waals surface area contributed by atoms with Gasteiger partial charge in [-0.15, -0.1) is 0 Å². The fourth-order valence-electron chi connectivity index (χ4n) is 3.90. The molecule has 0 radical (unpaired) electrons. The zero-order valence-corrected chi connectivity index (χ0v) is 18.8. The molecule has 0 saturated carbocycles.